The molecule has 0 aliphatic heterocycles. The van der Waals surface area contributed by atoms with Gasteiger partial charge in [0.2, 0.25) is 0 Å². The number of aryl methyl sites for hydroxylation is 3. The fraction of sp³-hybridized carbons (Fsp3) is 0.333. The number of amides is 1. The van der Waals surface area contributed by atoms with Gasteiger partial charge in [-0.15, -0.1) is 0 Å². The number of hydrogen-bond acceptors (Lipinski definition) is 4. The monoisotopic (exact) mass is 353 g/mol. The summed E-state index contributed by atoms with van der Waals surface area (Å²) in [5.41, 5.74) is 4.39. The summed E-state index contributed by atoms with van der Waals surface area (Å²) in [4.78, 5) is 24.0. The molecular formula is C21H23NO4. The maximum Gasteiger partial charge on any atom is 0.347 e. The molecule has 5 nitrogen and oxygen atoms in total. The number of anilines is 1. The maximum atomic E-state index is 12.0. The number of benzene rings is 2. The highest BCUT2D eigenvalue weighted by molar-refractivity contribution is 5.93. The molecule has 0 aromatic heterocycles. The molecule has 3 rings (SSSR count). The van der Waals surface area contributed by atoms with E-state index in [0.717, 1.165) is 30.5 Å². The van der Waals surface area contributed by atoms with E-state index in [1.165, 1.54) is 11.1 Å². The average Bonchev–Trinajstić information content (AvgIpc) is 3.07. The molecule has 0 heterocycles. The highest BCUT2D eigenvalue weighted by atomic mass is 16.6. The van der Waals surface area contributed by atoms with Crippen molar-refractivity contribution in [3.8, 4) is 5.75 Å². The predicted molar refractivity (Wildman–Crippen MR) is 99.3 cm³/mol. The molecule has 0 fully saturated rings. The summed E-state index contributed by atoms with van der Waals surface area (Å²) in [5.74, 6) is -0.341. The first-order valence-corrected chi connectivity index (χ1v) is 8.83. The van der Waals surface area contributed by atoms with Crippen LogP contribution < -0.4 is 10.1 Å². The summed E-state index contributed by atoms with van der Waals surface area (Å²) in [6.45, 7) is 3.21. The van der Waals surface area contributed by atoms with Gasteiger partial charge in [0, 0.05) is 5.69 Å². The normalized spacial score (nSPS) is 13.6. The van der Waals surface area contributed by atoms with Crippen LogP contribution in [0.1, 0.15) is 30.0 Å². The van der Waals surface area contributed by atoms with Crippen molar-refractivity contribution in [3.05, 3.63) is 59.2 Å². The van der Waals surface area contributed by atoms with Crippen molar-refractivity contribution in [2.24, 2.45) is 0 Å². The van der Waals surface area contributed by atoms with E-state index < -0.39 is 12.1 Å². The molecule has 0 saturated heterocycles. The Bertz CT molecular complexity index is 815. The first-order valence-electron chi connectivity index (χ1n) is 8.83. The minimum absolute atomic E-state index is 0.336. The molecule has 1 aliphatic carbocycles. The summed E-state index contributed by atoms with van der Waals surface area (Å²) >= 11 is 0. The summed E-state index contributed by atoms with van der Waals surface area (Å²) in [7, 11) is 0. The molecule has 1 atom stereocenters. The van der Waals surface area contributed by atoms with Gasteiger partial charge in [-0.2, -0.15) is 0 Å². The third-order valence-corrected chi connectivity index (χ3v) is 4.36. The quantitative estimate of drug-likeness (QED) is 0.808. The lowest BCUT2D eigenvalue weighted by Crippen LogP contribution is -2.29. The van der Waals surface area contributed by atoms with Gasteiger partial charge < -0.3 is 14.8 Å². The van der Waals surface area contributed by atoms with Gasteiger partial charge in [-0.25, -0.2) is 4.79 Å². The lowest BCUT2D eigenvalue weighted by molar-refractivity contribution is -0.153. The molecule has 1 N–H and O–H groups in total. The van der Waals surface area contributed by atoms with E-state index in [0.29, 0.717) is 5.75 Å². The van der Waals surface area contributed by atoms with Crippen molar-refractivity contribution >= 4 is 17.6 Å². The Labute approximate surface area is 153 Å². The van der Waals surface area contributed by atoms with Gasteiger partial charge in [0.1, 0.15) is 5.75 Å². The SMILES string of the molecule is Cc1cccc(O[C@H](C)C(=O)OCC(=O)Nc2ccc3c(c2)CCC3)c1. The molecular weight excluding hydrogens is 330 g/mol. The molecule has 0 unspecified atom stereocenters. The van der Waals surface area contributed by atoms with Gasteiger partial charge in [0.05, 0.1) is 0 Å². The van der Waals surface area contributed by atoms with E-state index in [-0.39, 0.29) is 12.5 Å². The van der Waals surface area contributed by atoms with Crippen LogP contribution in [0.5, 0.6) is 5.75 Å². The van der Waals surface area contributed by atoms with E-state index >= 15 is 0 Å². The molecule has 0 bridgehead atoms. The Morgan fingerprint density at radius 2 is 1.92 bits per heavy atom. The second-order valence-corrected chi connectivity index (χ2v) is 6.57. The Morgan fingerprint density at radius 1 is 1.12 bits per heavy atom. The van der Waals surface area contributed by atoms with E-state index in [9.17, 15) is 9.59 Å². The number of fused-ring (bicyclic) bond motifs is 1. The second-order valence-electron chi connectivity index (χ2n) is 6.57. The topological polar surface area (TPSA) is 64.6 Å². The zero-order valence-electron chi connectivity index (χ0n) is 15.1. The smallest absolute Gasteiger partial charge is 0.347 e. The summed E-state index contributed by atoms with van der Waals surface area (Å²) in [5, 5.41) is 2.77. The fourth-order valence-corrected chi connectivity index (χ4v) is 3.04. The first kappa shape index (κ1) is 18.0. The van der Waals surface area contributed by atoms with E-state index in [1.54, 1.807) is 13.0 Å². The van der Waals surface area contributed by atoms with Crippen molar-refractivity contribution in [1.82, 2.24) is 0 Å². The van der Waals surface area contributed by atoms with Gasteiger partial charge in [-0.3, -0.25) is 4.79 Å². The Hall–Kier alpha value is -2.82. The molecule has 0 saturated carbocycles. The average molecular weight is 353 g/mol. The van der Waals surface area contributed by atoms with Crippen LogP contribution in [0.3, 0.4) is 0 Å². The molecule has 1 aliphatic rings. The third kappa shape index (κ3) is 4.63. The van der Waals surface area contributed by atoms with Gasteiger partial charge >= 0.3 is 5.97 Å². The number of esters is 1. The number of hydrogen-bond donors (Lipinski definition) is 1. The molecule has 2 aromatic carbocycles. The van der Waals surface area contributed by atoms with Crippen LogP contribution in [-0.4, -0.2) is 24.6 Å². The number of carbonyl (C=O) groups excluding carboxylic acids is 2. The lowest BCUT2D eigenvalue weighted by atomic mass is 10.1. The van der Waals surface area contributed by atoms with Crippen molar-refractivity contribution in [1.29, 1.82) is 0 Å². The molecule has 0 radical (unpaired) electrons. The van der Waals surface area contributed by atoms with Crippen molar-refractivity contribution in [3.63, 3.8) is 0 Å². The largest absolute Gasteiger partial charge is 0.479 e. The van der Waals surface area contributed by atoms with Crippen LogP contribution in [0.25, 0.3) is 0 Å². The Kier molecular flexibility index (Phi) is 5.56. The number of ether oxygens (including phenoxy) is 2. The number of nitrogens with one attached hydrogen (secondary N) is 1. The molecule has 5 heteroatoms. The summed E-state index contributed by atoms with van der Waals surface area (Å²) < 4.78 is 10.6. The number of rotatable bonds is 6. The molecule has 1 amide bonds. The van der Waals surface area contributed by atoms with Crippen LogP contribution in [0, 0.1) is 6.92 Å². The van der Waals surface area contributed by atoms with E-state index in [4.69, 9.17) is 9.47 Å². The van der Waals surface area contributed by atoms with Gasteiger partial charge in [0.25, 0.3) is 5.91 Å². The highest BCUT2D eigenvalue weighted by Gasteiger charge is 2.18. The second kappa shape index (κ2) is 8.04. The molecule has 136 valence electrons. The van der Waals surface area contributed by atoms with Crippen LogP contribution in [-0.2, 0) is 27.2 Å². The maximum absolute atomic E-state index is 12.0. The van der Waals surface area contributed by atoms with Crippen LogP contribution >= 0.6 is 0 Å². The minimum atomic E-state index is -0.787. The predicted octanol–water partition coefficient (Wildman–Crippen LogP) is 3.43. The van der Waals surface area contributed by atoms with Gasteiger partial charge in [0.15, 0.2) is 12.7 Å². The van der Waals surface area contributed by atoms with E-state index in [1.807, 2.05) is 43.3 Å². The summed E-state index contributed by atoms with van der Waals surface area (Å²) in [6, 6.07) is 13.3. The van der Waals surface area contributed by atoms with Gasteiger partial charge in [-0.1, -0.05) is 18.2 Å². The zero-order valence-corrected chi connectivity index (χ0v) is 15.1. The minimum Gasteiger partial charge on any atom is -0.479 e. The molecule has 26 heavy (non-hydrogen) atoms. The zero-order chi connectivity index (χ0) is 18.5. The number of carbonyl (C=O) groups is 2. The Morgan fingerprint density at radius 3 is 2.73 bits per heavy atom. The molecule has 2 aromatic rings. The van der Waals surface area contributed by atoms with Crippen LogP contribution in [0.15, 0.2) is 42.5 Å². The first-order chi connectivity index (χ1) is 12.5. The van der Waals surface area contributed by atoms with Crippen LogP contribution in [0.2, 0.25) is 0 Å². The molecule has 0 spiro atoms. The van der Waals surface area contributed by atoms with Crippen molar-refractivity contribution in [2.75, 3.05) is 11.9 Å². The van der Waals surface area contributed by atoms with Crippen molar-refractivity contribution < 1.29 is 19.1 Å². The third-order valence-electron chi connectivity index (χ3n) is 4.36. The Balaban J connectivity index is 1.47. The van der Waals surface area contributed by atoms with Crippen molar-refractivity contribution in [2.45, 2.75) is 39.2 Å². The lowest BCUT2D eigenvalue weighted by Gasteiger charge is -2.14. The highest BCUT2D eigenvalue weighted by Crippen LogP contribution is 2.24. The summed E-state index contributed by atoms with van der Waals surface area (Å²) in [6.07, 6.45) is 2.51. The standard InChI is InChI=1S/C21H23NO4/c1-14-5-3-8-19(11-14)26-15(2)21(24)25-13-20(23)22-18-10-9-16-6-4-7-17(16)12-18/h3,5,8-12,15H,4,6-7,13H2,1-2H3,(H,22,23)/t15-/m1/s1. The van der Waals surface area contributed by atoms with Crippen LogP contribution in [0.4, 0.5) is 5.69 Å². The fourth-order valence-electron chi connectivity index (χ4n) is 3.04. The van der Waals surface area contributed by atoms with Gasteiger partial charge in [-0.05, 0) is 74.1 Å². The van der Waals surface area contributed by atoms with E-state index in [2.05, 4.69) is 5.32 Å².